The Morgan fingerprint density at radius 1 is 0.562 bits per heavy atom. The van der Waals surface area contributed by atoms with Crippen molar-refractivity contribution in [3.05, 3.63) is 108 Å². The third kappa shape index (κ3) is 5.09. The third-order valence-corrected chi connectivity index (χ3v) is 5.87. The standard InChI is InChI=1S/C27H28O5/c1-4-10-20(11-5-1)16-28-24-23-19-31-27(32-23)26(30-18-22-14-8-3-9-15-22)25(24)29-17-21-12-6-2-7-13-21/h1-15,23-27H,16-19H2/t23-,24-,25+,26-,27-/m1/s1. The molecule has 3 aromatic carbocycles. The van der Waals surface area contributed by atoms with Crippen molar-refractivity contribution in [1.82, 2.24) is 0 Å². The van der Waals surface area contributed by atoms with E-state index >= 15 is 0 Å². The summed E-state index contributed by atoms with van der Waals surface area (Å²) in [5, 5.41) is 0. The second-order valence-electron chi connectivity index (χ2n) is 8.16. The highest BCUT2D eigenvalue weighted by Crippen LogP contribution is 2.35. The average Bonchev–Trinajstić information content (AvgIpc) is 3.29. The maximum atomic E-state index is 6.44. The zero-order chi connectivity index (χ0) is 21.6. The van der Waals surface area contributed by atoms with Crippen molar-refractivity contribution in [1.29, 1.82) is 0 Å². The minimum Gasteiger partial charge on any atom is -0.368 e. The van der Waals surface area contributed by atoms with Gasteiger partial charge in [0.2, 0.25) is 0 Å². The van der Waals surface area contributed by atoms with Crippen LogP contribution in [0.15, 0.2) is 91.0 Å². The van der Waals surface area contributed by atoms with Crippen LogP contribution >= 0.6 is 0 Å². The van der Waals surface area contributed by atoms with Gasteiger partial charge in [0.1, 0.15) is 24.4 Å². The third-order valence-electron chi connectivity index (χ3n) is 5.87. The van der Waals surface area contributed by atoms with Gasteiger partial charge in [0, 0.05) is 0 Å². The van der Waals surface area contributed by atoms with Crippen LogP contribution in [0.4, 0.5) is 0 Å². The molecular formula is C27H28O5. The lowest BCUT2D eigenvalue weighted by Gasteiger charge is -2.40. The Morgan fingerprint density at radius 3 is 1.50 bits per heavy atom. The second-order valence-corrected chi connectivity index (χ2v) is 8.16. The normalized spacial score (nSPS) is 26.8. The van der Waals surface area contributed by atoms with E-state index in [0.29, 0.717) is 26.4 Å². The van der Waals surface area contributed by atoms with E-state index in [9.17, 15) is 0 Å². The zero-order valence-electron chi connectivity index (χ0n) is 17.9. The van der Waals surface area contributed by atoms with Gasteiger partial charge in [0.15, 0.2) is 6.29 Å². The Bertz CT molecular complexity index is 892. The number of fused-ring (bicyclic) bond motifs is 2. The van der Waals surface area contributed by atoms with Gasteiger partial charge in [-0.15, -0.1) is 0 Å². The molecule has 2 bridgehead atoms. The summed E-state index contributed by atoms with van der Waals surface area (Å²) in [5.41, 5.74) is 3.31. The number of rotatable bonds is 9. The first-order chi connectivity index (χ1) is 15.9. The van der Waals surface area contributed by atoms with Crippen LogP contribution < -0.4 is 0 Å². The summed E-state index contributed by atoms with van der Waals surface area (Å²) in [6.07, 6.45) is -1.63. The molecule has 0 unspecified atom stereocenters. The first-order valence-electron chi connectivity index (χ1n) is 11.1. The van der Waals surface area contributed by atoms with Crippen molar-refractivity contribution in [3.63, 3.8) is 0 Å². The van der Waals surface area contributed by atoms with Gasteiger partial charge in [0.25, 0.3) is 0 Å². The van der Waals surface area contributed by atoms with Crippen molar-refractivity contribution in [2.75, 3.05) is 6.61 Å². The average molecular weight is 433 g/mol. The van der Waals surface area contributed by atoms with Crippen LogP contribution in [0.3, 0.4) is 0 Å². The van der Waals surface area contributed by atoms with Crippen molar-refractivity contribution >= 4 is 0 Å². The van der Waals surface area contributed by atoms with Gasteiger partial charge in [-0.2, -0.15) is 0 Å². The molecule has 0 radical (unpaired) electrons. The summed E-state index contributed by atoms with van der Waals surface area (Å²) < 4.78 is 31.2. The molecule has 3 aromatic rings. The molecule has 0 aliphatic carbocycles. The molecule has 0 spiro atoms. The van der Waals surface area contributed by atoms with Gasteiger partial charge in [-0.3, -0.25) is 0 Å². The number of hydrogen-bond acceptors (Lipinski definition) is 5. The Kier molecular flexibility index (Phi) is 6.92. The molecule has 0 N–H and O–H groups in total. The molecule has 2 fully saturated rings. The van der Waals surface area contributed by atoms with Gasteiger partial charge in [-0.25, -0.2) is 0 Å². The lowest BCUT2D eigenvalue weighted by atomic mass is 10.00. The van der Waals surface area contributed by atoms with E-state index in [2.05, 4.69) is 24.3 Å². The van der Waals surface area contributed by atoms with Gasteiger partial charge >= 0.3 is 0 Å². The Balaban J connectivity index is 1.33. The highest BCUT2D eigenvalue weighted by Gasteiger charge is 2.52. The molecule has 32 heavy (non-hydrogen) atoms. The molecule has 2 aliphatic heterocycles. The summed E-state index contributed by atoms with van der Waals surface area (Å²) in [6, 6.07) is 30.4. The minimum absolute atomic E-state index is 0.180. The molecule has 5 nitrogen and oxygen atoms in total. The van der Waals surface area contributed by atoms with Gasteiger partial charge in [-0.05, 0) is 16.7 Å². The summed E-state index contributed by atoms with van der Waals surface area (Å²) in [6.45, 7) is 1.88. The Hall–Kier alpha value is -2.54. The quantitative estimate of drug-likeness (QED) is 0.498. The van der Waals surface area contributed by atoms with Crippen LogP contribution in [0.25, 0.3) is 0 Å². The first kappa shape index (κ1) is 21.3. The van der Waals surface area contributed by atoms with Gasteiger partial charge < -0.3 is 23.7 Å². The highest BCUT2D eigenvalue weighted by atomic mass is 16.8. The fourth-order valence-electron chi connectivity index (χ4n) is 4.20. The predicted molar refractivity (Wildman–Crippen MR) is 120 cm³/mol. The van der Waals surface area contributed by atoms with E-state index in [4.69, 9.17) is 23.7 Å². The molecule has 5 heteroatoms. The zero-order valence-corrected chi connectivity index (χ0v) is 17.9. The topological polar surface area (TPSA) is 46.2 Å². The van der Waals surface area contributed by atoms with Crippen LogP contribution in [0.5, 0.6) is 0 Å². The maximum Gasteiger partial charge on any atom is 0.187 e. The molecule has 0 aromatic heterocycles. The molecular weight excluding hydrogens is 404 g/mol. The molecule has 5 rings (SSSR count). The lowest BCUT2D eigenvalue weighted by Crippen LogP contribution is -2.56. The lowest BCUT2D eigenvalue weighted by molar-refractivity contribution is -0.268. The van der Waals surface area contributed by atoms with Crippen molar-refractivity contribution in [3.8, 4) is 0 Å². The van der Waals surface area contributed by atoms with Crippen LogP contribution in [-0.2, 0) is 43.5 Å². The van der Waals surface area contributed by atoms with E-state index in [1.165, 1.54) is 0 Å². The number of benzene rings is 3. The number of hydrogen-bond donors (Lipinski definition) is 0. The molecule has 0 saturated carbocycles. The monoisotopic (exact) mass is 432 g/mol. The SMILES string of the molecule is c1ccc(CO[C@@H]2[C@@H](OCc3ccccc3)[C@@H]3OC[C@@H](O3)[C@H]2OCc2ccccc2)cc1. The minimum atomic E-state index is -0.457. The summed E-state index contributed by atoms with van der Waals surface area (Å²) >= 11 is 0. The molecule has 0 amide bonds. The fourth-order valence-corrected chi connectivity index (χ4v) is 4.20. The first-order valence-corrected chi connectivity index (χ1v) is 11.1. The van der Waals surface area contributed by atoms with Gasteiger partial charge in [0.05, 0.1) is 26.4 Å². The van der Waals surface area contributed by atoms with Crippen LogP contribution in [0, 0.1) is 0 Å². The number of ether oxygens (including phenoxy) is 5. The van der Waals surface area contributed by atoms with Crippen LogP contribution in [0.2, 0.25) is 0 Å². The summed E-state index contributed by atoms with van der Waals surface area (Å²) in [5.74, 6) is 0. The van der Waals surface area contributed by atoms with E-state index in [1.807, 2.05) is 66.7 Å². The Labute approximate surface area is 188 Å². The van der Waals surface area contributed by atoms with E-state index in [-0.39, 0.29) is 18.3 Å². The summed E-state index contributed by atoms with van der Waals surface area (Å²) in [4.78, 5) is 0. The summed E-state index contributed by atoms with van der Waals surface area (Å²) in [7, 11) is 0. The van der Waals surface area contributed by atoms with E-state index < -0.39 is 12.4 Å². The predicted octanol–water partition coefficient (Wildman–Crippen LogP) is 4.50. The second kappa shape index (κ2) is 10.4. The molecule has 2 saturated heterocycles. The molecule has 5 atom stereocenters. The fraction of sp³-hybridized carbons (Fsp3) is 0.333. The molecule has 2 heterocycles. The van der Waals surface area contributed by atoms with Gasteiger partial charge in [-0.1, -0.05) is 91.0 Å². The van der Waals surface area contributed by atoms with Crippen LogP contribution in [-0.4, -0.2) is 37.3 Å². The van der Waals surface area contributed by atoms with Crippen molar-refractivity contribution in [2.24, 2.45) is 0 Å². The Morgan fingerprint density at radius 2 is 1.00 bits per heavy atom. The smallest absolute Gasteiger partial charge is 0.187 e. The van der Waals surface area contributed by atoms with E-state index in [1.54, 1.807) is 0 Å². The highest BCUT2D eigenvalue weighted by molar-refractivity contribution is 5.15. The van der Waals surface area contributed by atoms with Crippen LogP contribution in [0.1, 0.15) is 16.7 Å². The van der Waals surface area contributed by atoms with Crippen molar-refractivity contribution in [2.45, 2.75) is 50.5 Å². The maximum absolute atomic E-state index is 6.44. The largest absolute Gasteiger partial charge is 0.368 e. The van der Waals surface area contributed by atoms with E-state index in [0.717, 1.165) is 16.7 Å². The molecule has 166 valence electrons. The van der Waals surface area contributed by atoms with Crippen molar-refractivity contribution < 1.29 is 23.7 Å². The molecule has 2 aliphatic rings.